The summed E-state index contributed by atoms with van der Waals surface area (Å²) in [6, 6.07) is 12.6. The Hall–Kier alpha value is -4.40. The standard InChI is InChI=1S/C24H23N3O6/c1-3-6-18-11-16(12-20(31-2)24(18)33-15-22(29)30)13-26-27-21(28)14-32-19-9-4-7-17-8-5-10-25-23(17)19/h3-5,7-13H,1,6,14-15H2,2H3,(H,27,28)(H,29,30)/b26-13-. The molecule has 0 aliphatic carbocycles. The average Bonchev–Trinajstić information content (AvgIpc) is 2.81. The third-order valence-electron chi connectivity index (χ3n) is 4.44. The Morgan fingerprint density at radius 2 is 1.97 bits per heavy atom. The van der Waals surface area contributed by atoms with E-state index >= 15 is 0 Å². The predicted octanol–water partition coefficient (Wildman–Crippen LogP) is 2.96. The number of carbonyl (C=O) groups is 2. The van der Waals surface area contributed by atoms with Gasteiger partial charge in [-0.2, -0.15) is 5.10 Å². The molecule has 3 aromatic rings. The lowest BCUT2D eigenvalue weighted by Gasteiger charge is -2.14. The maximum absolute atomic E-state index is 12.2. The summed E-state index contributed by atoms with van der Waals surface area (Å²) in [5, 5.41) is 13.8. The second kappa shape index (κ2) is 11.3. The zero-order valence-corrected chi connectivity index (χ0v) is 18.0. The Labute approximate surface area is 190 Å². The second-order valence-electron chi connectivity index (χ2n) is 6.80. The minimum absolute atomic E-state index is 0.236. The Bertz CT molecular complexity index is 1190. The fraction of sp³-hybridized carbons (Fsp3) is 0.167. The van der Waals surface area contributed by atoms with E-state index in [9.17, 15) is 9.59 Å². The number of benzene rings is 2. The van der Waals surface area contributed by atoms with Crippen LogP contribution in [0.1, 0.15) is 11.1 Å². The van der Waals surface area contributed by atoms with Gasteiger partial charge in [0.2, 0.25) is 0 Å². The summed E-state index contributed by atoms with van der Waals surface area (Å²) < 4.78 is 16.3. The van der Waals surface area contributed by atoms with E-state index in [1.807, 2.05) is 24.3 Å². The van der Waals surface area contributed by atoms with E-state index in [1.165, 1.54) is 13.3 Å². The Balaban J connectivity index is 1.66. The Morgan fingerprint density at radius 1 is 1.15 bits per heavy atom. The number of hydrogen-bond donors (Lipinski definition) is 2. The molecule has 1 aromatic heterocycles. The molecule has 1 heterocycles. The molecule has 0 saturated carbocycles. The fourth-order valence-electron chi connectivity index (χ4n) is 3.06. The summed E-state index contributed by atoms with van der Waals surface area (Å²) in [6.07, 6.45) is 5.18. The fourth-order valence-corrected chi connectivity index (χ4v) is 3.06. The zero-order chi connectivity index (χ0) is 23.6. The molecular formula is C24H23N3O6. The molecule has 0 radical (unpaired) electrons. The molecule has 0 atom stereocenters. The number of aromatic nitrogens is 1. The van der Waals surface area contributed by atoms with E-state index in [0.717, 1.165) is 5.39 Å². The topological polar surface area (TPSA) is 119 Å². The van der Waals surface area contributed by atoms with Gasteiger partial charge in [0.05, 0.1) is 13.3 Å². The molecule has 0 bridgehead atoms. The van der Waals surface area contributed by atoms with Gasteiger partial charge in [0.15, 0.2) is 24.7 Å². The minimum Gasteiger partial charge on any atom is -0.493 e. The van der Waals surface area contributed by atoms with E-state index in [2.05, 4.69) is 22.1 Å². The number of pyridine rings is 1. The zero-order valence-electron chi connectivity index (χ0n) is 18.0. The largest absolute Gasteiger partial charge is 0.493 e. The van der Waals surface area contributed by atoms with Crippen molar-refractivity contribution < 1.29 is 28.9 Å². The van der Waals surface area contributed by atoms with Crippen molar-refractivity contribution in [3.63, 3.8) is 0 Å². The Morgan fingerprint density at radius 3 is 2.73 bits per heavy atom. The number of hydrazone groups is 1. The molecule has 0 saturated heterocycles. The van der Waals surface area contributed by atoms with Crippen LogP contribution in [-0.2, 0) is 16.0 Å². The summed E-state index contributed by atoms with van der Waals surface area (Å²) >= 11 is 0. The molecule has 33 heavy (non-hydrogen) atoms. The lowest BCUT2D eigenvalue weighted by atomic mass is 10.1. The first-order chi connectivity index (χ1) is 16.0. The van der Waals surface area contributed by atoms with Gasteiger partial charge in [0.1, 0.15) is 11.3 Å². The first-order valence-electron chi connectivity index (χ1n) is 9.96. The molecule has 0 aliphatic rings. The number of hydrogen-bond acceptors (Lipinski definition) is 7. The average molecular weight is 449 g/mol. The van der Waals surface area contributed by atoms with Crippen molar-refractivity contribution >= 4 is 29.0 Å². The number of allylic oxidation sites excluding steroid dienone is 1. The molecule has 0 aliphatic heterocycles. The second-order valence-corrected chi connectivity index (χ2v) is 6.80. The number of rotatable bonds is 11. The van der Waals surface area contributed by atoms with E-state index < -0.39 is 18.5 Å². The maximum Gasteiger partial charge on any atom is 0.341 e. The molecule has 0 spiro atoms. The third-order valence-corrected chi connectivity index (χ3v) is 4.44. The summed E-state index contributed by atoms with van der Waals surface area (Å²) in [4.78, 5) is 27.3. The van der Waals surface area contributed by atoms with E-state index in [0.29, 0.717) is 40.3 Å². The van der Waals surface area contributed by atoms with Crippen LogP contribution in [0, 0.1) is 0 Å². The number of fused-ring (bicyclic) bond motifs is 1. The summed E-state index contributed by atoms with van der Waals surface area (Å²) in [5.41, 5.74) is 4.37. The van der Waals surface area contributed by atoms with E-state index in [4.69, 9.17) is 19.3 Å². The summed E-state index contributed by atoms with van der Waals surface area (Å²) in [7, 11) is 1.45. The van der Waals surface area contributed by atoms with Crippen LogP contribution in [0.15, 0.2) is 66.4 Å². The van der Waals surface area contributed by atoms with Gasteiger partial charge in [0.25, 0.3) is 5.91 Å². The molecule has 170 valence electrons. The first kappa shape index (κ1) is 23.3. The highest BCUT2D eigenvalue weighted by Gasteiger charge is 2.14. The van der Waals surface area contributed by atoms with E-state index in [1.54, 1.807) is 30.5 Å². The summed E-state index contributed by atoms with van der Waals surface area (Å²) in [5.74, 6) is -0.383. The number of carboxylic acid groups (broad SMARTS) is 1. The van der Waals surface area contributed by atoms with Crippen LogP contribution >= 0.6 is 0 Å². The van der Waals surface area contributed by atoms with Crippen molar-refractivity contribution in [2.24, 2.45) is 5.10 Å². The number of nitrogens with one attached hydrogen (secondary N) is 1. The monoisotopic (exact) mass is 449 g/mol. The van der Waals surface area contributed by atoms with Gasteiger partial charge in [-0.05, 0) is 36.2 Å². The lowest BCUT2D eigenvalue weighted by Crippen LogP contribution is -2.24. The maximum atomic E-state index is 12.2. The van der Waals surface area contributed by atoms with Crippen LogP contribution in [0.4, 0.5) is 0 Å². The molecule has 3 rings (SSSR count). The van der Waals surface area contributed by atoms with Crippen molar-refractivity contribution in [1.82, 2.24) is 10.4 Å². The number of carbonyl (C=O) groups excluding carboxylic acids is 1. The van der Waals surface area contributed by atoms with Crippen LogP contribution < -0.4 is 19.6 Å². The predicted molar refractivity (Wildman–Crippen MR) is 123 cm³/mol. The molecule has 9 heteroatoms. The molecular weight excluding hydrogens is 426 g/mol. The van der Waals surface area contributed by atoms with Crippen LogP contribution in [0.25, 0.3) is 10.9 Å². The van der Waals surface area contributed by atoms with Gasteiger partial charge in [-0.3, -0.25) is 9.78 Å². The van der Waals surface area contributed by atoms with Crippen LogP contribution in [0.2, 0.25) is 0 Å². The summed E-state index contributed by atoms with van der Waals surface area (Å²) in [6.45, 7) is 2.97. The number of nitrogens with zero attached hydrogens (tertiary/aromatic N) is 2. The number of amides is 1. The first-order valence-corrected chi connectivity index (χ1v) is 9.96. The van der Waals surface area contributed by atoms with Crippen LogP contribution in [-0.4, -0.2) is 48.5 Å². The van der Waals surface area contributed by atoms with Gasteiger partial charge < -0.3 is 19.3 Å². The number of methoxy groups -OCH3 is 1. The molecule has 0 unspecified atom stereocenters. The van der Waals surface area contributed by atoms with Crippen LogP contribution in [0.3, 0.4) is 0 Å². The highest BCUT2D eigenvalue weighted by atomic mass is 16.5. The van der Waals surface area contributed by atoms with Crippen molar-refractivity contribution in [3.05, 3.63) is 72.4 Å². The smallest absolute Gasteiger partial charge is 0.341 e. The van der Waals surface area contributed by atoms with Crippen molar-refractivity contribution in [2.45, 2.75) is 6.42 Å². The quantitative estimate of drug-likeness (QED) is 0.262. The molecule has 2 N–H and O–H groups in total. The van der Waals surface area contributed by atoms with Crippen molar-refractivity contribution in [1.29, 1.82) is 0 Å². The number of aliphatic carboxylic acids is 1. The molecule has 2 aromatic carbocycles. The van der Waals surface area contributed by atoms with Gasteiger partial charge in [-0.15, -0.1) is 6.58 Å². The van der Waals surface area contributed by atoms with Crippen molar-refractivity contribution in [2.75, 3.05) is 20.3 Å². The van der Waals surface area contributed by atoms with Gasteiger partial charge in [-0.1, -0.05) is 24.3 Å². The SMILES string of the molecule is C=CCc1cc(/C=N\NC(=O)COc2cccc3cccnc23)cc(OC)c1OCC(=O)O. The van der Waals surface area contributed by atoms with E-state index in [-0.39, 0.29) is 6.61 Å². The third kappa shape index (κ3) is 6.30. The lowest BCUT2D eigenvalue weighted by molar-refractivity contribution is -0.139. The minimum atomic E-state index is -1.10. The molecule has 0 fully saturated rings. The number of carboxylic acids is 1. The normalized spacial score (nSPS) is 10.7. The molecule has 1 amide bonds. The highest BCUT2D eigenvalue weighted by Crippen LogP contribution is 2.33. The van der Waals surface area contributed by atoms with Crippen molar-refractivity contribution in [3.8, 4) is 17.2 Å². The van der Waals surface area contributed by atoms with Crippen LogP contribution in [0.5, 0.6) is 17.2 Å². The van der Waals surface area contributed by atoms with Gasteiger partial charge in [0, 0.05) is 17.1 Å². The highest BCUT2D eigenvalue weighted by molar-refractivity contribution is 5.86. The number of para-hydroxylation sites is 1. The van der Waals surface area contributed by atoms with Gasteiger partial charge >= 0.3 is 5.97 Å². The van der Waals surface area contributed by atoms with Gasteiger partial charge in [-0.25, -0.2) is 10.2 Å². The molecule has 9 nitrogen and oxygen atoms in total. The Kier molecular flexibility index (Phi) is 7.96. The number of ether oxygens (including phenoxy) is 3.